The van der Waals surface area contributed by atoms with Crippen LogP contribution in [0.25, 0.3) is 0 Å². The maximum Gasteiger partial charge on any atom is 0.124 e. The van der Waals surface area contributed by atoms with Crippen LogP contribution in [0.1, 0.15) is 31.9 Å². The number of rotatable bonds is 5. The van der Waals surface area contributed by atoms with E-state index in [2.05, 4.69) is 25.8 Å². The third-order valence-electron chi connectivity index (χ3n) is 2.93. The molecule has 90 valence electrons. The summed E-state index contributed by atoms with van der Waals surface area (Å²) < 4.78 is 5.06. The first-order chi connectivity index (χ1) is 7.60. The van der Waals surface area contributed by atoms with Gasteiger partial charge >= 0.3 is 0 Å². The van der Waals surface area contributed by atoms with E-state index >= 15 is 0 Å². The third-order valence-corrected chi connectivity index (χ3v) is 2.93. The molecule has 1 N–H and O–H groups in total. The molecule has 0 saturated heterocycles. The van der Waals surface area contributed by atoms with Gasteiger partial charge in [0.1, 0.15) is 11.5 Å². The second-order valence-corrected chi connectivity index (χ2v) is 4.08. The Morgan fingerprint density at radius 2 is 2.12 bits per heavy atom. The maximum absolute atomic E-state index is 9.90. The first-order valence-corrected chi connectivity index (χ1v) is 5.67. The molecule has 0 saturated carbocycles. The molecule has 0 aliphatic rings. The van der Waals surface area contributed by atoms with Crippen LogP contribution < -0.4 is 4.74 Å². The molecule has 1 aromatic rings. The number of hydrogen-bond acceptors (Lipinski definition) is 3. The number of benzene rings is 1. The summed E-state index contributed by atoms with van der Waals surface area (Å²) in [6, 6.07) is 5.67. The Morgan fingerprint density at radius 3 is 2.62 bits per heavy atom. The van der Waals surface area contributed by atoms with Crippen molar-refractivity contribution in [2.75, 3.05) is 20.7 Å². The molecule has 0 aromatic heterocycles. The molecule has 1 unspecified atom stereocenters. The van der Waals surface area contributed by atoms with Gasteiger partial charge < -0.3 is 9.84 Å². The van der Waals surface area contributed by atoms with Crippen molar-refractivity contribution in [3.8, 4) is 11.5 Å². The van der Waals surface area contributed by atoms with Crippen LogP contribution in [0.4, 0.5) is 0 Å². The second kappa shape index (κ2) is 5.75. The van der Waals surface area contributed by atoms with Gasteiger partial charge in [0.15, 0.2) is 0 Å². The highest BCUT2D eigenvalue weighted by Gasteiger charge is 2.14. The Bertz CT molecular complexity index is 339. The SMILES string of the molecule is CCCN(C)C(C)c1ccc(OC)cc1O. The zero-order chi connectivity index (χ0) is 12.1. The van der Waals surface area contributed by atoms with Crippen LogP contribution in [0, 0.1) is 0 Å². The fourth-order valence-electron chi connectivity index (χ4n) is 1.79. The van der Waals surface area contributed by atoms with Crippen LogP contribution in [0.5, 0.6) is 11.5 Å². The number of hydrogen-bond donors (Lipinski definition) is 1. The smallest absolute Gasteiger partial charge is 0.124 e. The zero-order valence-corrected chi connectivity index (χ0v) is 10.5. The summed E-state index contributed by atoms with van der Waals surface area (Å²) in [6.07, 6.45) is 1.11. The van der Waals surface area contributed by atoms with E-state index < -0.39 is 0 Å². The Hall–Kier alpha value is -1.22. The van der Waals surface area contributed by atoms with Crippen LogP contribution in [0.3, 0.4) is 0 Å². The second-order valence-electron chi connectivity index (χ2n) is 4.08. The standard InChI is InChI=1S/C13H21NO2/c1-5-8-14(3)10(2)12-7-6-11(16-4)9-13(12)15/h6-7,9-10,15H,5,8H2,1-4H3. The van der Waals surface area contributed by atoms with Crippen molar-refractivity contribution in [3.63, 3.8) is 0 Å². The highest BCUT2D eigenvalue weighted by atomic mass is 16.5. The van der Waals surface area contributed by atoms with Crippen molar-refractivity contribution in [1.82, 2.24) is 4.90 Å². The predicted molar refractivity (Wildman–Crippen MR) is 66.0 cm³/mol. The molecule has 0 spiro atoms. The van der Waals surface area contributed by atoms with E-state index in [1.54, 1.807) is 13.2 Å². The van der Waals surface area contributed by atoms with Gasteiger partial charge in [0, 0.05) is 17.7 Å². The summed E-state index contributed by atoms with van der Waals surface area (Å²) in [4.78, 5) is 2.22. The normalized spacial score (nSPS) is 12.8. The quantitative estimate of drug-likeness (QED) is 0.833. The molecule has 3 heteroatoms. The minimum Gasteiger partial charge on any atom is -0.507 e. The van der Waals surface area contributed by atoms with Gasteiger partial charge in [-0.1, -0.05) is 13.0 Å². The van der Waals surface area contributed by atoms with Crippen LogP contribution in [-0.2, 0) is 0 Å². The zero-order valence-electron chi connectivity index (χ0n) is 10.5. The lowest BCUT2D eigenvalue weighted by Gasteiger charge is -2.25. The number of phenols is 1. The molecule has 0 bridgehead atoms. The van der Waals surface area contributed by atoms with Crippen molar-refractivity contribution >= 4 is 0 Å². The molecular formula is C13H21NO2. The molecule has 0 radical (unpaired) electrons. The number of phenolic OH excluding ortho intramolecular Hbond substituents is 1. The fraction of sp³-hybridized carbons (Fsp3) is 0.538. The Morgan fingerprint density at radius 1 is 1.44 bits per heavy atom. The van der Waals surface area contributed by atoms with Crippen LogP contribution in [-0.4, -0.2) is 30.7 Å². The molecular weight excluding hydrogens is 202 g/mol. The van der Waals surface area contributed by atoms with Crippen molar-refractivity contribution in [3.05, 3.63) is 23.8 Å². The fourth-order valence-corrected chi connectivity index (χ4v) is 1.79. The lowest BCUT2D eigenvalue weighted by Crippen LogP contribution is -2.23. The van der Waals surface area contributed by atoms with Crippen molar-refractivity contribution in [2.45, 2.75) is 26.3 Å². The van der Waals surface area contributed by atoms with Crippen LogP contribution in [0.2, 0.25) is 0 Å². The van der Waals surface area contributed by atoms with E-state index in [4.69, 9.17) is 4.74 Å². The number of methoxy groups -OCH3 is 1. The number of ether oxygens (including phenoxy) is 1. The van der Waals surface area contributed by atoms with E-state index in [9.17, 15) is 5.11 Å². The lowest BCUT2D eigenvalue weighted by molar-refractivity contribution is 0.256. The summed E-state index contributed by atoms with van der Waals surface area (Å²) in [5.41, 5.74) is 0.941. The average Bonchev–Trinajstić information content (AvgIpc) is 2.28. The molecule has 0 aliphatic carbocycles. The van der Waals surface area contributed by atoms with Gasteiger partial charge in [0.25, 0.3) is 0 Å². The van der Waals surface area contributed by atoms with Crippen molar-refractivity contribution in [2.24, 2.45) is 0 Å². The minimum absolute atomic E-state index is 0.214. The first-order valence-electron chi connectivity index (χ1n) is 5.67. The van der Waals surface area contributed by atoms with E-state index in [-0.39, 0.29) is 6.04 Å². The number of aromatic hydroxyl groups is 1. The largest absolute Gasteiger partial charge is 0.507 e. The van der Waals surface area contributed by atoms with Gasteiger partial charge in [-0.05, 0) is 33.0 Å². The van der Waals surface area contributed by atoms with Gasteiger partial charge in [-0.15, -0.1) is 0 Å². The molecule has 0 heterocycles. The third kappa shape index (κ3) is 2.89. The molecule has 1 rings (SSSR count). The van der Waals surface area contributed by atoms with E-state index in [1.807, 2.05) is 12.1 Å². The topological polar surface area (TPSA) is 32.7 Å². The van der Waals surface area contributed by atoms with Gasteiger partial charge in [-0.25, -0.2) is 0 Å². The Kier molecular flexibility index (Phi) is 4.62. The molecule has 3 nitrogen and oxygen atoms in total. The minimum atomic E-state index is 0.214. The summed E-state index contributed by atoms with van der Waals surface area (Å²) in [5, 5.41) is 9.90. The predicted octanol–water partition coefficient (Wildman–Crippen LogP) is 2.80. The highest BCUT2D eigenvalue weighted by Crippen LogP contribution is 2.30. The van der Waals surface area contributed by atoms with Crippen LogP contribution >= 0.6 is 0 Å². The summed E-state index contributed by atoms with van der Waals surface area (Å²) in [6.45, 7) is 5.26. The average molecular weight is 223 g/mol. The van der Waals surface area contributed by atoms with E-state index in [0.717, 1.165) is 18.5 Å². The van der Waals surface area contributed by atoms with Gasteiger partial charge in [0.05, 0.1) is 7.11 Å². The Labute approximate surface area is 97.7 Å². The van der Waals surface area contributed by atoms with E-state index in [1.165, 1.54) is 0 Å². The van der Waals surface area contributed by atoms with Crippen LogP contribution in [0.15, 0.2) is 18.2 Å². The van der Waals surface area contributed by atoms with Crippen molar-refractivity contribution in [1.29, 1.82) is 0 Å². The number of nitrogens with zero attached hydrogens (tertiary/aromatic N) is 1. The highest BCUT2D eigenvalue weighted by molar-refractivity contribution is 5.41. The molecule has 0 aliphatic heterocycles. The summed E-state index contributed by atoms with van der Waals surface area (Å²) >= 11 is 0. The van der Waals surface area contributed by atoms with E-state index in [0.29, 0.717) is 11.5 Å². The molecule has 0 fully saturated rings. The molecule has 16 heavy (non-hydrogen) atoms. The molecule has 0 amide bonds. The van der Waals surface area contributed by atoms with Gasteiger partial charge in [-0.3, -0.25) is 4.90 Å². The molecule has 1 aromatic carbocycles. The molecule has 1 atom stereocenters. The summed E-state index contributed by atoms with van der Waals surface area (Å²) in [7, 11) is 3.67. The summed E-state index contributed by atoms with van der Waals surface area (Å²) in [5.74, 6) is 0.987. The van der Waals surface area contributed by atoms with Gasteiger partial charge in [0.2, 0.25) is 0 Å². The van der Waals surface area contributed by atoms with Crippen molar-refractivity contribution < 1.29 is 9.84 Å². The first kappa shape index (κ1) is 12.8. The maximum atomic E-state index is 9.90. The van der Waals surface area contributed by atoms with Gasteiger partial charge in [-0.2, -0.15) is 0 Å². The lowest BCUT2D eigenvalue weighted by atomic mass is 10.1. The monoisotopic (exact) mass is 223 g/mol. The Balaban J connectivity index is 2.87.